The number of halogens is 7. The molecule has 2 nitrogen and oxygen atoms in total. The number of hydrogen-bond donors (Lipinski definition) is 0. The number of aromatic nitrogens is 1. The molecule has 0 atom stereocenters. The van der Waals surface area contributed by atoms with Crippen LogP contribution < -0.4 is 4.74 Å². The zero-order chi connectivity index (χ0) is 24.6. The van der Waals surface area contributed by atoms with Gasteiger partial charge in [-0.1, -0.05) is 30.3 Å². The van der Waals surface area contributed by atoms with Crippen LogP contribution in [0.4, 0.5) is 30.7 Å². The Morgan fingerprint density at radius 2 is 1.24 bits per heavy atom. The fraction of sp³-hybridized carbons (Fsp3) is 0.0800. The van der Waals surface area contributed by atoms with E-state index in [9.17, 15) is 30.7 Å². The van der Waals surface area contributed by atoms with Crippen LogP contribution in [0.1, 0.15) is 11.1 Å². The van der Waals surface area contributed by atoms with Crippen LogP contribution in [-0.4, -0.2) is 4.98 Å². The average molecular weight is 477 g/mol. The van der Waals surface area contributed by atoms with Crippen molar-refractivity contribution in [2.75, 3.05) is 0 Å². The third-order valence-corrected chi connectivity index (χ3v) is 4.96. The van der Waals surface area contributed by atoms with Crippen molar-refractivity contribution in [2.45, 2.75) is 13.0 Å². The number of hydrogen-bond acceptors (Lipinski definition) is 2. The first-order valence-corrected chi connectivity index (χ1v) is 9.79. The van der Waals surface area contributed by atoms with Crippen molar-refractivity contribution in [3.05, 3.63) is 107 Å². The molecule has 0 N–H and O–H groups in total. The highest BCUT2D eigenvalue weighted by Gasteiger charge is 2.41. The van der Waals surface area contributed by atoms with Crippen LogP contribution in [0, 0.1) is 36.0 Å². The van der Waals surface area contributed by atoms with E-state index in [4.69, 9.17) is 0 Å². The fourth-order valence-electron chi connectivity index (χ4n) is 3.28. The number of benzene rings is 3. The number of pyridine rings is 1. The fourth-order valence-corrected chi connectivity index (χ4v) is 3.28. The van der Waals surface area contributed by atoms with E-state index in [0.29, 0.717) is 23.4 Å². The quantitative estimate of drug-likeness (QED) is 0.219. The first-order valence-electron chi connectivity index (χ1n) is 9.79. The van der Waals surface area contributed by atoms with Gasteiger partial charge in [-0.15, -0.1) is 0 Å². The van der Waals surface area contributed by atoms with Gasteiger partial charge in [-0.3, -0.25) is 4.98 Å². The number of nitrogens with zero attached hydrogens (tertiary/aromatic N) is 1. The molecule has 34 heavy (non-hydrogen) atoms. The van der Waals surface area contributed by atoms with Crippen LogP contribution in [0.3, 0.4) is 0 Å². The summed E-state index contributed by atoms with van der Waals surface area (Å²) >= 11 is 0. The first-order chi connectivity index (χ1) is 16.0. The second kappa shape index (κ2) is 8.81. The van der Waals surface area contributed by atoms with E-state index in [1.54, 1.807) is 36.5 Å². The maximum atomic E-state index is 14.6. The maximum Gasteiger partial charge on any atom is 0.432 e. The Morgan fingerprint density at radius 1 is 0.676 bits per heavy atom. The summed E-state index contributed by atoms with van der Waals surface area (Å²) in [4.78, 5) is 4.28. The largest absolute Gasteiger partial charge is 0.432 e. The highest BCUT2D eigenvalue weighted by atomic mass is 19.3. The molecule has 3 aromatic carbocycles. The Labute approximate surface area is 189 Å². The summed E-state index contributed by atoms with van der Waals surface area (Å²) in [5.41, 5.74) is 0.933. The summed E-state index contributed by atoms with van der Waals surface area (Å²) in [6.45, 7) is 1.89. The molecule has 9 heteroatoms. The molecule has 4 aromatic rings. The standard InChI is InChI=1S/C25H14F7NO/c1-13-2-7-22(33-12-13)15-5-3-14(4-6-15)16-8-18(26)23(19(27)9-16)25(31,32)34-17-10-20(28)24(30)21(29)11-17/h2-12H,1H3. The lowest BCUT2D eigenvalue weighted by atomic mass is 10.00. The normalized spacial score (nSPS) is 11.5. The van der Waals surface area contributed by atoms with E-state index in [0.717, 1.165) is 11.1 Å². The summed E-state index contributed by atoms with van der Waals surface area (Å²) in [5, 5.41) is 0. The molecule has 1 heterocycles. The molecule has 0 fully saturated rings. The first kappa shape index (κ1) is 23.3. The lowest BCUT2D eigenvalue weighted by molar-refractivity contribution is -0.189. The molecule has 0 aliphatic rings. The number of alkyl halides is 2. The lowest BCUT2D eigenvalue weighted by Crippen LogP contribution is -2.25. The van der Waals surface area contributed by atoms with Crippen LogP contribution in [0.15, 0.2) is 66.9 Å². The molecule has 0 radical (unpaired) electrons. The molecule has 0 aliphatic carbocycles. The van der Waals surface area contributed by atoms with E-state index < -0.39 is 46.5 Å². The van der Waals surface area contributed by atoms with E-state index in [-0.39, 0.29) is 17.7 Å². The minimum atomic E-state index is -4.65. The summed E-state index contributed by atoms with van der Waals surface area (Å²) in [7, 11) is 0. The van der Waals surface area contributed by atoms with Crippen LogP contribution >= 0.6 is 0 Å². The van der Waals surface area contributed by atoms with Gasteiger partial charge in [-0.05, 0) is 41.8 Å². The molecule has 0 amide bonds. The lowest BCUT2D eigenvalue weighted by Gasteiger charge is -2.20. The molecule has 174 valence electrons. The zero-order valence-corrected chi connectivity index (χ0v) is 17.4. The minimum absolute atomic E-state index is 0.0307. The topological polar surface area (TPSA) is 22.1 Å². The molecule has 0 saturated heterocycles. The molecule has 4 rings (SSSR count). The van der Waals surface area contributed by atoms with E-state index >= 15 is 0 Å². The predicted molar refractivity (Wildman–Crippen MR) is 111 cm³/mol. The van der Waals surface area contributed by atoms with E-state index in [1.807, 2.05) is 13.0 Å². The van der Waals surface area contributed by atoms with Crippen molar-refractivity contribution in [1.29, 1.82) is 0 Å². The highest BCUT2D eigenvalue weighted by molar-refractivity contribution is 5.69. The van der Waals surface area contributed by atoms with Crippen LogP contribution in [0.25, 0.3) is 22.4 Å². The highest BCUT2D eigenvalue weighted by Crippen LogP contribution is 2.37. The van der Waals surface area contributed by atoms with Crippen molar-refractivity contribution >= 4 is 0 Å². The van der Waals surface area contributed by atoms with Gasteiger partial charge in [0.25, 0.3) is 0 Å². The van der Waals surface area contributed by atoms with Gasteiger partial charge in [0.05, 0.1) is 5.69 Å². The number of ether oxygens (including phenoxy) is 1. The second-order valence-corrected chi connectivity index (χ2v) is 7.43. The molecule has 0 unspecified atom stereocenters. The Kier molecular flexibility index (Phi) is 6.03. The van der Waals surface area contributed by atoms with Crippen molar-refractivity contribution in [1.82, 2.24) is 4.98 Å². The smallest absolute Gasteiger partial charge is 0.429 e. The van der Waals surface area contributed by atoms with Crippen LogP contribution in [-0.2, 0) is 6.11 Å². The van der Waals surface area contributed by atoms with Gasteiger partial charge >= 0.3 is 6.11 Å². The van der Waals surface area contributed by atoms with Crippen LogP contribution in [0.2, 0.25) is 0 Å². The molecule has 0 saturated carbocycles. The van der Waals surface area contributed by atoms with Gasteiger partial charge in [0.2, 0.25) is 0 Å². The average Bonchev–Trinajstić information content (AvgIpc) is 2.77. The third-order valence-electron chi connectivity index (χ3n) is 4.96. The van der Waals surface area contributed by atoms with E-state index in [1.165, 1.54) is 0 Å². The van der Waals surface area contributed by atoms with Gasteiger partial charge in [-0.2, -0.15) is 8.78 Å². The molecular formula is C25H14F7NO. The molecule has 0 bridgehead atoms. The Hall–Kier alpha value is -3.88. The number of rotatable bonds is 5. The molecule has 0 aliphatic heterocycles. The Bertz CT molecular complexity index is 1310. The van der Waals surface area contributed by atoms with Crippen molar-refractivity contribution in [3.63, 3.8) is 0 Å². The van der Waals surface area contributed by atoms with Gasteiger partial charge in [-0.25, -0.2) is 22.0 Å². The van der Waals surface area contributed by atoms with Crippen LogP contribution in [0.5, 0.6) is 5.75 Å². The van der Waals surface area contributed by atoms with Gasteiger partial charge < -0.3 is 4.74 Å². The zero-order valence-electron chi connectivity index (χ0n) is 17.4. The van der Waals surface area contributed by atoms with Gasteiger partial charge in [0, 0.05) is 23.9 Å². The van der Waals surface area contributed by atoms with Crippen molar-refractivity contribution < 1.29 is 35.5 Å². The summed E-state index contributed by atoms with van der Waals surface area (Å²) in [6.07, 6.45) is -2.96. The molecular weight excluding hydrogens is 463 g/mol. The number of aryl methyl sites for hydroxylation is 1. The van der Waals surface area contributed by atoms with Gasteiger partial charge in [0.1, 0.15) is 22.9 Å². The van der Waals surface area contributed by atoms with Crippen molar-refractivity contribution in [3.8, 4) is 28.1 Å². The SMILES string of the molecule is Cc1ccc(-c2ccc(-c3cc(F)c(C(F)(F)Oc4cc(F)c(F)c(F)c4)c(F)c3)cc2)nc1. The van der Waals surface area contributed by atoms with E-state index in [2.05, 4.69) is 9.72 Å². The minimum Gasteiger partial charge on any atom is -0.429 e. The second-order valence-electron chi connectivity index (χ2n) is 7.43. The Balaban J connectivity index is 1.63. The Morgan fingerprint density at radius 3 is 1.76 bits per heavy atom. The monoisotopic (exact) mass is 477 g/mol. The maximum absolute atomic E-state index is 14.6. The summed E-state index contributed by atoms with van der Waals surface area (Å²) < 4.78 is 102. The molecule has 1 aromatic heterocycles. The summed E-state index contributed by atoms with van der Waals surface area (Å²) in [5.74, 6) is -9.94. The summed E-state index contributed by atoms with van der Waals surface area (Å²) in [6, 6.07) is 11.7. The molecule has 0 spiro atoms. The third kappa shape index (κ3) is 4.59. The predicted octanol–water partition coefficient (Wildman–Crippen LogP) is 7.55. The van der Waals surface area contributed by atoms with Crippen molar-refractivity contribution in [2.24, 2.45) is 0 Å². The van der Waals surface area contributed by atoms with Gasteiger partial charge in [0.15, 0.2) is 17.5 Å².